The van der Waals surface area contributed by atoms with Crippen molar-refractivity contribution in [2.75, 3.05) is 4.90 Å². The van der Waals surface area contributed by atoms with Gasteiger partial charge in [-0.15, -0.1) is 0 Å². The summed E-state index contributed by atoms with van der Waals surface area (Å²) in [5.74, 6) is -1.61. The Morgan fingerprint density at radius 1 is 1.06 bits per heavy atom. The predicted octanol–water partition coefficient (Wildman–Crippen LogP) is 5.37. The zero-order valence-electron chi connectivity index (χ0n) is 16.9. The fourth-order valence-corrected chi connectivity index (χ4v) is 4.30. The van der Waals surface area contributed by atoms with Crippen LogP contribution >= 0.6 is 35.4 Å². The molecule has 1 fully saturated rings. The average Bonchev–Trinajstić information content (AvgIpc) is 3.01. The molecule has 2 amide bonds. The summed E-state index contributed by atoms with van der Waals surface area (Å²) in [6.45, 7) is 3.68. The van der Waals surface area contributed by atoms with Gasteiger partial charge < -0.3 is 4.57 Å². The maximum Gasteiger partial charge on any atom is 0.270 e. The normalized spacial score (nSPS) is 15.5. The molecule has 0 radical (unpaired) electrons. The molecule has 0 aliphatic carbocycles. The molecular weight excluding hydrogens is 472 g/mol. The first-order valence-corrected chi connectivity index (χ1v) is 10.7. The van der Waals surface area contributed by atoms with Crippen molar-refractivity contribution in [1.82, 2.24) is 9.88 Å². The number of benzene rings is 2. The first-order chi connectivity index (χ1) is 15.2. The van der Waals surface area contributed by atoms with E-state index in [4.69, 9.17) is 35.4 Å². The third-order valence-electron chi connectivity index (χ3n) is 5.11. The van der Waals surface area contributed by atoms with Crippen LogP contribution in [-0.4, -0.2) is 21.5 Å². The highest BCUT2D eigenvalue weighted by Crippen LogP contribution is 2.34. The standard InChI is InChI=1S/C23H16Cl2FN3O2S/c1-12-9-14(13(2)28(12)16-6-3-5-15(26)11-16)10-17-21(30)27-23(32)29(22(17)31)19-8-4-7-18(24)20(19)25/h3-11H,1-2H3,(H,27,30,32)/b17-10+. The second-order valence-electron chi connectivity index (χ2n) is 7.17. The molecule has 1 N–H and O–H groups in total. The Bertz CT molecular complexity index is 1330. The number of hydrogen-bond acceptors (Lipinski definition) is 3. The van der Waals surface area contributed by atoms with Crippen molar-refractivity contribution in [3.05, 3.63) is 86.9 Å². The topological polar surface area (TPSA) is 54.3 Å². The predicted molar refractivity (Wildman–Crippen MR) is 128 cm³/mol. The molecule has 162 valence electrons. The number of carbonyl (C=O) groups is 2. The SMILES string of the molecule is Cc1cc(/C=C2\C(=O)NC(=S)N(c3cccc(Cl)c3Cl)C2=O)c(C)n1-c1cccc(F)c1. The van der Waals surface area contributed by atoms with E-state index >= 15 is 0 Å². The monoisotopic (exact) mass is 487 g/mol. The molecule has 0 unspecified atom stereocenters. The van der Waals surface area contributed by atoms with Gasteiger partial charge in [0, 0.05) is 17.1 Å². The van der Waals surface area contributed by atoms with E-state index in [0.717, 1.165) is 16.3 Å². The van der Waals surface area contributed by atoms with Gasteiger partial charge in [-0.3, -0.25) is 19.8 Å². The van der Waals surface area contributed by atoms with Gasteiger partial charge in [0.05, 0.1) is 15.7 Å². The number of aromatic nitrogens is 1. The minimum atomic E-state index is -0.626. The van der Waals surface area contributed by atoms with Crippen LogP contribution in [0.15, 0.2) is 54.1 Å². The van der Waals surface area contributed by atoms with Gasteiger partial charge in [0.2, 0.25) is 0 Å². The third-order valence-corrected chi connectivity index (χ3v) is 6.20. The highest BCUT2D eigenvalue weighted by atomic mass is 35.5. The molecule has 0 saturated carbocycles. The third kappa shape index (κ3) is 3.83. The van der Waals surface area contributed by atoms with Crippen LogP contribution in [0.5, 0.6) is 0 Å². The van der Waals surface area contributed by atoms with Gasteiger partial charge >= 0.3 is 0 Å². The molecule has 2 heterocycles. The molecule has 3 aromatic rings. The highest BCUT2D eigenvalue weighted by molar-refractivity contribution is 7.80. The number of thiocarbonyl (C=S) groups is 1. The summed E-state index contributed by atoms with van der Waals surface area (Å²) < 4.78 is 15.6. The largest absolute Gasteiger partial charge is 0.318 e. The first-order valence-electron chi connectivity index (χ1n) is 9.49. The molecule has 0 atom stereocenters. The lowest BCUT2D eigenvalue weighted by atomic mass is 10.1. The van der Waals surface area contributed by atoms with Crippen LogP contribution in [-0.2, 0) is 9.59 Å². The Balaban J connectivity index is 1.79. The van der Waals surface area contributed by atoms with Crippen LogP contribution < -0.4 is 10.2 Å². The van der Waals surface area contributed by atoms with E-state index in [1.54, 1.807) is 30.3 Å². The zero-order chi connectivity index (χ0) is 23.2. The molecule has 9 heteroatoms. The number of aryl methyl sites for hydroxylation is 1. The maximum atomic E-state index is 13.7. The summed E-state index contributed by atoms with van der Waals surface area (Å²) in [6, 6.07) is 12.8. The van der Waals surface area contributed by atoms with Crippen LogP contribution in [0, 0.1) is 19.7 Å². The Hall–Kier alpha value is -3.00. The fraction of sp³-hybridized carbons (Fsp3) is 0.0870. The summed E-state index contributed by atoms with van der Waals surface area (Å²) in [7, 11) is 0. The lowest BCUT2D eigenvalue weighted by molar-refractivity contribution is -0.122. The van der Waals surface area contributed by atoms with Gasteiger partial charge in [0.1, 0.15) is 11.4 Å². The molecule has 0 bridgehead atoms. The molecule has 2 aromatic carbocycles. The smallest absolute Gasteiger partial charge is 0.270 e. The summed E-state index contributed by atoms with van der Waals surface area (Å²) >= 11 is 17.6. The van der Waals surface area contributed by atoms with Gasteiger partial charge in [-0.2, -0.15) is 0 Å². The van der Waals surface area contributed by atoms with Gasteiger partial charge in [-0.1, -0.05) is 35.3 Å². The number of rotatable bonds is 3. The average molecular weight is 488 g/mol. The second kappa shape index (κ2) is 8.50. The van der Waals surface area contributed by atoms with Crippen LogP contribution in [0.1, 0.15) is 17.0 Å². The zero-order valence-corrected chi connectivity index (χ0v) is 19.3. The molecule has 1 saturated heterocycles. The number of nitrogens with one attached hydrogen (secondary N) is 1. The number of hydrogen-bond donors (Lipinski definition) is 1. The molecule has 1 aliphatic rings. The Kier molecular flexibility index (Phi) is 5.90. The van der Waals surface area contributed by atoms with E-state index in [-0.39, 0.29) is 32.2 Å². The van der Waals surface area contributed by atoms with Crippen molar-refractivity contribution < 1.29 is 14.0 Å². The first kappa shape index (κ1) is 22.2. The van der Waals surface area contributed by atoms with Crippen LogP contribution in [0.3, 0.4) is 0 Å². The summed E-state index contributed by atoms with van der Waals surface area (Å²) in [5, 5.41) is 2.83. The molecule has 0 spiro atoms. The Labute approximate surface area is 199 Å². The quantitative estimate of drug-likeness (QED) is 0.307. The minimum absolute atomic E-state index is 0.0912. The molecule has 1 aromatic heterocycles. The summed E-state index contributed by atoms with van der Waals surface area (Å²) in [4.78, 5) is 27.1. The second-order valence-corrected chi connectivity index (χ2v) is 8.34. The number of amides is 2. The Morgan fingerprint density at radius 2 is 1.78 bits per heavy atom. The molecule has 4 rings (SSSR count). The number of halogens is 3. The molecular formula is C23H16Cl2FN3O2S. The van der Waals surface area contributed by atoms with E-state index in [0.29, 0.717) is 11.3 Å². The van der Waals surface area contributed by atoms with E-state index in [1.807, 2.05) is 24.5 Å². The minimum Gasteiger partial charge on any atom is -0.318 e. The van der Waals surface area contributed by atoms with Gasteiger partial charge in [-0.25, -0.2) is 4.39 Å². The van der Waals surface area contributed by atoms with Crippen LogP contribution in [0.4, 0.5) is 10.1 Å². The van der Waals surface area contributed by atoms with E-state index in [2.05, 4.69) is 5.32 Å². The molecule has 5 nitrogen and oxygen atoms in total. The van der Waals surface area contributed by atoms with Gasteiger partial charge in [0.15, 0.2) is 5.11 Å². The van der Waals surface area contributed by atoms with Crippen molar-refractivity contribution >= 4 is 64.1 Å². The van der Waals surface area contributed by atoms with Crippen LogP contribution in [0.2, 0.25) is 10.0 Å². The summed E-state index contributed by atoms with van der Waals surface area (Å²) in [6.07, 6.45) is 1.49. The lowest BCUT2D eigenvalue weighted by Gasteiger charge is -2.29. The van der Waals surface area contributed by atoms with Crippen molar-refractivity contribution in [1.29, 1.82) is 0 Å². The Morgan fingerprint density at radius 3 is 2.50 bits per heavy atom. The fourth-order valence-electron chi connectivity index (χ4n) is 3.64. The summed E-state index contributed by atoms with van der Waals surface area (Å²) in [5.41, 5.74) is 2.97. The van der Waals surface area contributed by atoms with Crippen molar-refractivity contribution in [3.63, 3.8) is 0 Å². The maximum absolute atomic E-state index is 13.7. The van der Waals surface area contributed by atoms with Gasteiger partial charge in [0.25, 0.3) is 11.8 Å². The van der Waals surface area contributed by atoms with Gasteiger partial charge in [-0.05, 0) is 74.1 Å². The molecule has 1 aliphatic heterocycles. The highest BCUT2D eigenvalue weighted by Gasteiger charge is 2.36. The van der Waals surface area contributed by atoms with Crippen molar-refractivity contribution in [2.24, 2.45) is 0 Å². The molecule has 32 heavy (non-hydrogen) atoms. The number of anilines is 1. The van der Waals surface area contributed by atoms with Crippen LogP contribution in [0.25, 0.3) is 11.8 Å². The van der Waals surface area contributed by atoms with Crippen molar-refractivity contribution in [2.45, 2.75) is 13.8 Å². The lowest BCUT2D eigenvalue weighted by Crippen LogP contribution is -2.54. The van der Waals surface area contributed by atoms with Crippen molar-refractivity contribution in [3.8, 4) is 5.69 Å². The van der Waals surface area contributed by atoms with E-state index in [9.17, 15) is 14.0 Å². The van der Waals surface area contributed by atoms with E-state index < -0.39 is 11.8 Å². The van der Waals surface area contributed by atoms with E-state index in [1.165, 1.54) is 18.2 Å². The number of carbonyl (C=O) groups excluding carboxylic acids is 2. The number of nitrogens with zero attached hydrogens (tertiary/aromatic N) is 2.